The van der Waals surface area contributed by atoms with Crippen molar-refractivity contribution in [2.75, 3.05) is 0 Å². The summed E-state index contributed by atoms with van der Waals surface area (Å²) in [6.45, 7) is 0. The Morgan fingerprint density at radius 1 is 1.15 bits per heavy atom. The summed E-state index contributed by atoms with van der Waals surface area (Å²) in [6, 6.07) is 0. The predicted molar refractivity (Wildman–Crippen MR) is 49.2 cm³/mol. The van der Waals surface area contributed by atoms with E-state index in [1.807, 2.05) is 0 Å². The van der Waals surface area contributed by atoms with Crippen molar-refractivity contribution in [3.63, 3.8) is 0 Å². The third kappa shape index (κ3) is 2.26. The maximum absolute atomic E-state index is 8.27. The first kappa shape index (κ1) is 9.18. The van der Waals surface area contributed by atoms with Gasteiger partial charge in [0.2, 0.25) is 12.4 Å². The van der Waals surface area contributed by atoms with Gasteiger partial charge in [0.05, 0.1) is 16.5 Å². The fraction of sp³-hybridized carbons (Fsp3) is 0. The molecule has 0 radical (unpaired) electrons. The van der Waals surface area contributed by atoms with Crippen molar-refractivity contribution < 1.29 is 0 Å². The van der Waals surface area contributed by atoms with Gasteiger partial charge >= 0.3 is 0 Å². The lowest BCUT2D eigenvalue weighted by Crippen LogP contribution is -2.03. The maximum atomic E-state index is 8.27. The number of rotatable bonds is 0. The average molecular weight is 191 g/mol. The molecule has 13 heavy (non-hydrogen) atoms. The number of aliphatic imine (C=N–C) groups is 2. The second-order valence-electron chi connectivity index (χ2n) is 2.06. The van der Waals surface area contributed by atoms with Crippen LogP contribution in [0.3, 0.4) is 0 Å². The first-order valence-corrected chi connectivity index (χ1v) is 3.65. The Balaban J connectivity index is 3.01. The Morgan fingerprint density at radius 2 is 1.85 bits per heavy atom. The molecule has 62 valence electrons. The molecular weight excluding hydrogens is 188 g/mol. The molecule has 0 unspecified atom stereocenters. The zero-order chi connectivity index (χ0) is 9.68. The number of hydrogen-bond acceptors (Lipinski definition) is 4. The normalized spacial score (nSPS) is 21.0. The van der Waals surface area contributed by atoms with Crippen LogP contribution < -0.4 is 0 Å². The Bertz CT molecular complexity index is 414. The van der Waals surface area contributed by atoms with Gasteiger partial charge in [0.1, 0.15) is 0 Å². The van der Waals surface area contributed by atoms with Gasteiger partial charge in [-0.15, -0.1) is 0 Å². The highest BCUT2D eigenvalue weighted by Gasteiger charge is 2.07. The van der Waals surface area contributed by atoms with Gasteiger partial charge < -0.3 is 0 Å². The first-order valence-electron chi connectivity index (χ1n) is 3.27. The minimum atomic E-state index is 0.304. The highest BCUT2D eigenvalue weighted by atomic mass is 35.5. The van der Waals surface area contributed by atoms with E-state index in [0.717, 1.165) is 0 Å². The Kier molecular flexibility index (Phi) is 2.97. The molecule has 0 amide bonds. The van der Waals surface area contributed by atoms with E-state index in [1.54, 1.807) is 18.5 Å². The Morgan fingerprint density at radius 3 is 2.38 bits per heavy atom. The van der Waals surface area contributed by atoms with E-state index in [-0.39, 0.29) is 0 Å². The molecule has 4 nitrogen and oxygen atoms in total. The molecule has 1 aliphatic rings. The Hall–Kier alpha value is -1.91. The topological polar surface area (TPSA) is 72.3 Å². The molecule has 0 saturated heterocycles. The predicted octanol–water partition coefficient (Wildman–Crippen LogP) is 1.52. The van der Waals surface area contributed by atoms with Gasteiger partial charge in [0.25, 0.3) is 0 Å². The van der Waals surface area contributed by atoms with E-state index in [2.05, 4.69) is 9.98 Å². The third-order valence-corrected chi connectivity index (χ3v) is 1.58. The summed E-state index contributed by atoms with van der Waals surface area (Å²) in [5.41, 5.74) is 0.824. The van der Waals surface area contributed by atoms with Crippen molar-refractivity contribution >= 4 is 23.0 Å². The molecule has 0 saturated carbocycles. The van der Waals surface area contributed by atoms with E-state index >= 15 is 0 Å². The number of halogens is 1. The van der Waals surface area contributed by atoms with Crippen LogP contribution in [-0.4, -0.2) is 11.4 Å². The van der Waals surface area contributed by atoms with Crippen molar-refractivity contribution in [2.24, 2.45) is 9.98 Å². The summed E-state index contributed by atoms with van der Waals surface area (Å²) in [5.74, 6) is 0. The van der Waals surface area contributed by atoms with Crippen LogP contribution in [0.2, 0.25) is 0 Å². The molecule has 0 fully saturated rings. The lowest BCUT2D eigenvalue weighted by atomic mass is 10.1. The fourth-order valence-electron chi connectivity index (χ4n) is 0.768. The van der Waals surface area contributed by atoms with Crippen LogP contribution in [-0.2, 0) is 0 Å². The Labute approximate surface area is 79.8 Å². The molecule has 0 spiro atoms. The number of allylic oxidation sites excluding steroid dienone is 4. The van der Waals surface area contributed by atoms with Crippen LogP contribution in [0.4, 0.5) is 0 Å². The summed E-state index contributed by atoms with van der Waals surface area (Å²) in [6.07, 6.45) is 7.82. The van der Waals surface area contributed by atoms with Gasteiger partial charge in [-0.1, -0.05) is 11.6 Å². The monoisotopic (exact) mass is 190 g/mol. The molecule has 1 aliphatic carbocycles. The highest BCUT2D eigenvalue weighted by molar-refractivity contribution is 6.48. The fourth-order valence-corrected chi connectivity index (χ4v) is 0.985. The molecule has 0 aliphatic heterocycles. The lowest BCUT2D eigenvalue weighted by Gasteiger charge is -2.02. The quantitative estimate of drug-likeness (QED) is 0.429. The van der Waals surface area contributed by atoms with Crippen LogP contribution in [0, 0.1) is 22.9 Å². The van der Waals surface area contributed by atoms with E-state index < -0.39 is 0 Å². The molecule has 0 heterocycles. The number of nitriles is 2. The van der Waals surface area contributed by atoms with Crippen LogP contribution in [0.5, 0.6) is 0 Å². The van der Waals surface area contributed by atoms with Gasteiger partial charge in [-0.3, -0.25) is 0 Å². The summed E-state index contributed by atoms with van der Waals surface area (Å²) < 4.78 is 0. The van der Waals surface area contributed by atoms with E-state index in [4.69, 9.17) is 22.1 Å². The molecule has 5 heteroatoms. The average Bonchev–Trinajstić information content (AvgIpc) is 2.10. The second-order valence-corrected chi connectivity index (χ2v) is 2.47. The highest BCUT2D eigenvalue weighted by Crippen LogP contribution is 2.11. The van der Waals surface area contributed by atoms with Crippen molar-refractivity contribution in [1.29, 1.82) is 10.5 Å². The maximum Gasteiger partial charge on any atom is 0.206 e. The van der Waals surface area contributed by atoms with Crippen molar-refractivity contribution in [1.82, 2.24) is 0 Å². The van der Waals surface area contributed by atoms with Gasteiger partial charge in [-0.25, -0.2) is 0 Å². The number of hydrogen-bond donors (Lipinski definition) is 0. The van der Waals surface area contributed by atoms with Crippen LogP contribution >= 0.6 is 11.6 Å². The largest absolute Gasteiger partial charge is 0.206 e. The summed E-state index contributed by atoms with van der Waals surface area (Å²) in [7, 11) is 0. The standard InChI is InChI=1S/C8H3ClN4/c9-7-3-6(12-4-10)1-2-8(7)13-5-11/h1-3H/b12-6+,13-8+. The third-order valence-electron chi connectivity index (χ3n) is 1.28. The second kappa shape index (κ2) is 4.20. The van der Waals surface area contributed by atoms with E-state index in [9.17, 15) is 0 Å². The SMILES string of the molecule is N#C/N=C1C=C/C(=N\C#N)C(Cl)=C\1. The molecule has 0 aromatic carbocycles. The molecule has 0 N–H and O–H groups in total. The zero-order valence-electron chi connectivity index (χ0n) is 6.40. The first-order chi connectivity index (χ1) is 6.27. The van der Waals surface area contributed by atoms with Crippen LogP contribution in [0.1, 0.15) is 0 Å². The minimum Gasteiger partial charge on any atom is -0.174 e. The van der Waals surface area contributed by atoms with Gasteiger partial charge in [0, 0.05) is 0 Å². The van der Waals surface area contributed by atoms with Crippen molar-refractivity contribution in [2.45, 2.75) is 0 Å². The molecule has 0 aromatic heterocycles. The van der Waals surface area contributed by atoms with E-state index in [1.165, 1.54) is 12.2 Å². The summed E-state index contributed by atoms with van der Waals surface area (Å²) in [5, 5.41) is 16.8. The molecule has 1 rings (SSSR count). The minimum absolute atomic E-state index is 0.304. The van der Waals surface area contributed by atoms with Crippen molar-refractivity contribution in [3.05, 3.63) is 23.3 Å². The summed E-state index contributed by atoms with van der Waals surface area (Å²) >= 11 is 5.73. The van der Waals surface area contributed by atoms with E-state index in [0.29, 0.717) is 16.5 Å². The molecular formula is C8H3ClN4. The van der Waals surface area contributed by atoms with Crippen molar-refractivity contribution in [3.8, 4) is 12.4 Å². The number of nitrogens with zero attached hydrogens (tertiary/aromatic N) is 4. The smallest absolute Gasteiger partial charge is 0.174 e. The molecule has 0 aromatic rings. The van der Waals surface area contributed by atoms with Gasteiger partial charge in [-0.05, 0) is 18.2 Å². The van der Waals surface area contributed by atoms with Crippen LogP contribution in [0.15, 0.2) is 33.2 Å². The van der Waals surface area contributed by atoms with Gasteiger partial charge in [0.15, 0.2) is 0 Å². The van der Waals surface area contributed by atoms with Crippen LogP contribution in [0.25, 0.3) is 0 Å². The zero-order valence-corrected chi connectivity index (χ0v) is 7.15. The molecule has 0 bridgehead atoms. The lowest BCUT2D eigenvalue weighted by molar-refractivity contribution is 1.43. The molecule has 0 atom stereocenters. The van der Waals surface area contributed by atoms with Gasteiger partial charge in [-0.2, -0.15) is 20.5 Å². The summed E-state index contributed by atoms with van der Waals surface area (Å²) in [4.78, 5) is 6.92.